The van der Waals surface area contributed by atoms with Crippen LogP contribution in [-0.2, 0) is 9.59 Å². The Kier molecular flexibility index (Phi) is 9.28. The number of ether oxygens (including phenoxy) is 3. The molecule has 0 aliphatic rings. The van der Waals surface area contributed by atoms with Gasteiger partial charge in [-0.3, -0.25) is 14.4 Å². The van der Waals surface area contributed by atoms with Crippen LogP contribution in [0.25, 0.3) is 6.08 Å². The first-order valence-electron chi connectivity index (χ1n) is 10.1. The second kappa shape index (κ2) is 12.1. The number of nitrogens with one attached hydrogen (secondary N) is 1. The van der Waals surface area contributed by atoms with Crippen LogP contribution in [0, 0.1) is 0 Å². The van der Waals surface area contributed by atoms with E-state index >= 15 is 0 Å². The minimum absolute atomic E-state index is 0.0645. The van der Waals surface area contributed by atoms with Gasteiger partial charge in [-0.2, -0.15) is 0 Å². The molecule has 2 amide bonds. The molecule has 0 aromatic heterocycles. The molecule has 0 aliphatic carbocycles. The molecule has 0 saturated carbocycles. The molecule has 0 radical (unpaired) electrons. The van der Waals surface area contributed by atoms with Crippen LogP contribution >= 0.6 is 0 Å². The predicted molar refractivity (Wildman–Crippen MR) is 121 cm³/mol. The van der Waals surface area contributed by atoms with Gasteiger partial charge in [-0.05, 0) is 55.0 Å². The van der Waals surface area contributed by atoms with Crippen molar-refractivity contribution in [1.29, 1.82) is 0 Å². The van der Waals surface area contributed by atoms with Gasteiger partial charge in [0.05, 0.1) is 7.11 Å². The zero-order valence-corrected chi connectivity index (χ0v) is 18.7. The van der Waals surface area contributed by atoms with Gasteiger partial charge >= 0.3 is 0 Å². The fraction of sp³-hybridized carbons (Fsp3) is 0.292. The molecule has 2 aromatic carbocycles. The number of rotatable bonds is 11. The van der Waals surface area contributed by atoms with E-state index in [9.17, 15) is 14.4 Å². The Labute approximate surface area is 187 Å². The van der Waals surface area contributed by atoms with E-state index in [1.165, 1.54) is 18.1 Å². The van der Waals surface area contributed by atoms with Crippen LogP contribution in [0.5, 0.6) is 17.2 Å². The average Bonchev–Trinajstić information content (AvgIpc) is 2.80. The lowest BCUT2D eigenvalue weighted by Gasteiger charge is -2.11. The van der Waals surface area contributed by atoms with Gasteiger partial charge in [0, 0.05) is 26.2 Å². The number of carbonyl (C=O) groups excluding carboxylic acids is 3. The number of amides is 2. The summed E-state index contributed by atoms with van der Waals surface area (Å²) in [7, 11) is 4.81. The minimum atomic E-state index is -0.218. The molecule has 8 nitrogen and oxygen atoms in total. The summed E-state index contributed by atoms with van der Waals surface area (Å²) in [5.41, 5.74) is 1.23. The molecular weight excluding hydrogens is 412 g/mol. The number of allylic oxidation sites excluding steroid dienone is 1. The number of ketones is 1. The van der Waals surface area contributed by atoms with Crippen LogP contribution in [-0.4, -0.2) is 63.5 Å². The molecule has 8 heteroatoms. The number of likely N-dealkylation sites (N-methyl/N-ethyl adjacent to an activating group) is 2. The summed E-state index contributed by atoms with van der Waals surface area (Å²) in [5, 5.41) is 2.65. The molecule has 0 spiro atoms. The van der Waals surface area contributed by atoms with Crippen molar-refractivity contribution in [3.05, 3.63) is 59.7 Å². The molecule has 32 heavy (non-hydrogen) atoms. The van der Waals surface area contributed by atoms with Crippen molar-refractivity contribution in [3.8, 4) is 17.2 Å². The van der Waals surface area contributed by atoms with Gasteiger partial charge < -0.3 is 24.4 Å². The Balaban J connectivity index is 1.99. The summed E-state index contributed by atoms with van der Waals surface area (Å²) in [4.78, 5) is 37.0. The summed E-state index contributed by atoms with van der Waals surface area (Å²) in [6.45, 7) is 2.19. The van der Waals surface area contributed by atoms with Gasteiger partial charge in [-0.25, -0.2) is 0 Å². The lowest BCUT2D eigenvalue weighted by Crippen LogP contribution is -2.28. The first-order chi connectivity index (χ1) is 15.3. The Morgan fingerprint density at radius 3 is 2.31 bits per heavy atom. The largest absolute Gasteiger partial charge is 0.493 e. The molecule has 0 atom stereocenters. The fourth-order valence-corrected chi connectivity index (χ4v) is 2.56. The Bertz CT molecular complexity index is 967. The van der Waals surface area contributed by atoms with Gasteiger partial charge in [0.2, 0.25) is 0 Å². The van der Waals surface area contributed by atoms with Crippen molar-refractivity contribution in [3.63, 3.8) is 0 Å². The number of methoxy groups -OCH3 is 1. The highest BCUT2D eigenvalue weighted by Crippen LogP contribution is 2.28. The minimum Gasteiger partial charge on any atom is -0.493 e. The average molecular weight is 440 g/mol. The number of nitrogens with zero attached hydrogens (tertiary/aromatic N) is 1. The summed E-state index contributed by atoms with van der Waals surface area (Å²) >= 11 is 0. The van der Waals surface area contributed by atoms with Crippen molar-refractivity contribution in [1.82, 2.24) is 10.2 Å². The third-order valence-corrected chi connectivity index (χ3v) is 4.35. The highest BCUT2D eigenvalue weighted by molar-refractivity contribution is 6.06. The fourth-order valence-electron chi connectivity index (χ4n) is 2.56. The zero-order valence-electron chi connectivity index (χ0n) is 18.7. The van der Waals surface area contributed by atoms with E-state index in [0.29, 0.717) is 29.4 Å². The SMILES string of the molecule is CCNC(=O)COc1ccc(/C=C/C(=O)c2ccc(OCC(=O)N(C)C)cc2)cc1OC. The Hall–Kier alpha value is -3.81. The number of hydrogen-bond acceptors (Lipinski definition) is 6. The van der Waals surface area contributed by atoms with Gasteiger partial charge in [0.1, 0.15) is 5.75 Å². The van der Waals surface area contributed by atoms with Crippen LogP contribution < -0.4 is 19.5 Å². The molecule has 2 rings (SSSR count). The summed E-state index contributed by atoms with van der Waals surface area (Å²) in [5.74, 6) is 0.849. The van der Waals surface area contributed by atoms with Gasteiger partial charge in [-0.1, -0.05) is 12.1 Å². The quantitative estimate of drug-likeness (QED) is 0.426. The van der Waals surface area contributed by atoms with Gasteiger partial charge in [0.15, 0.2) is 30.5 Å². The molecule has 0 aliphatic heterocycles. The van der Waals surface area contributed by atoms with E-state index in [4.69, 9.17) is 14.2 Å². The van der Waals surface area contributed by atoms with Crippen molar-refractivity contribution >= 4 is 23.7 Å². The molecule has 0 heterocycles. The molecule has 0 fully saturated rings. The normalized spacial score (nSPS) is 10.5. The molecule has 0 unspecified atom stereocenters. The van der Waals surface area contributed by atoms with Crippen molar-refractivity contribution in [2.75, 3.05) is 41.0 Å². The summed E-state index contributed by atoms with van der Waals surface area (Å²) < 4.78 is 16.2. The number of carbonyl (C=O) groups is 3. The van der Waals surface area contributed by atoms with Crippen LogP contribution in [0.1, 0.15) is 22.8 Å². The van der Waals surface area contributed by atoms with E-state index in [1.54, 1.807) is 62.6 Å². The van der Waals surface area contributed by atoms with Gasteiger partial charge in [-0.15, -0.1) is 0 Å². The standard InChI is InChI=1S/C24H28N2O6/c1-5-25-23(28)15-32-21-13-7-17(14-22(21)30-4)6-12-20(27)18-8-10-19(11-9-18)31-16-24(29)26(2)3/h6-14H,5,15-16H2,1-4H3,(H,25,28)/b12-6+. The second-order valence-corrected chi connectivity index (χ2v) is 6.95. The summed E-state index contributed by atoms with van der Waals surface area (Å²) in [6, 6.07) is 11.7. The smallest absolute Gasteiger partial charge is 0.259 e. The highest BCUT2D eigenvalue weighted by atomic mass is 16.5. The first-order valence-corrected chi connectivity index (χ1v) is 10.1. The maximum Gasteiger partial charge on any atom is 0.259 e. The van der Waals surface area contributed by atoms with E-state index in [2.05, 4.69) is 5.32 Å². The third kappa shape index (κ3) is 7.46. The molecule has 0 bridgehead atoms. The highest BCUT2D eigenvalue weighted by Gasteiger charge is 2.09. The van der Waals surface area contributed by atoms with E-state index < -0.39 is 0 Å². The lowest BCUT2D eigenvalue weighted by atomic mass is 10.1. The Morgan fingerprint density at radius 1 is 0.969 bits per heavy atom. The van der Waals surface area contributed by atoms with E-state index in [-0.39, 0.29) is 30.8 Å². The van der Waals surface area contributed by atoms with Crippen LogP contribution in [0.2, 0.25) is 0 Å². The van der Waals surface area contributed by atoms with Crippen LogP contribution in [0.4, 0.5) is 0 Å². The first kappa shape index (κ1) is 24.5. The molecule has 1 N–H and O–H groups in total. The zero-order chi connectivity index (χ0) is 23.5. The monoisotopic (exact) mass is 440 g/mol. The molecule has 0 saturated heterocycles. The third-order valence-electron chi connectivity index (χ3n) is 4.35. The lowest BCUT2D eigenvalue weighted by molar-refractivity contribution is -0.130. The van der Waals surface area contributed by atoms with Crippen molar-refractivity contribution < 1.29 is 28.6 Å². The predicted octanol–water partition coefficient (Wildman–Crippen LogP) is 2.57. The summed E-state index contributed by atoms with van der Waals surface area (Å²) in [6.07, 6.45) is 3.12. The second-order valence-electron chi connectivity index (χ2n) is 6.95. The van der Waals surface area contributed by atoms with E-state index in [1.807, 2.05) is 6.92 Å². The topological polar surface area (TPSA) is 94.2 Å². The van der Waals surface area contributed by atoms with Crippen LogP contribution in [0.15, 0.2) is 48.5 Å². The molecular formula is C24H28N2O6. The van der Waals surface area contributed by atoms with Crippen LogP contribution in [0.3, 0.4) is 0 Å². The molecule has 170 valence electrons. The molecule has 2 aromatic rings. The maximum absolute atomic E-state index is 12.5. The van der Waals surface area contributed by atoms with Crippen molar-refractivity contribution in [2.45, 2.75) is 6.92 Å². The number of benzene rings is 2. The number of hydrogen-bond donors (Lipinski definition) is 1. The Morgan fingerprint density at radius 2 is 1.69 bits per heavy atom. The maximum atomic E-state index is 12.5. The van der Waals surface area contributed by atoms with E-state index in [0.717, 1.165) is 5.56 Å². The van der Waals surface area contributed by atoms with Crippen molar-refractivity contribution in [2.24, 2.45) is 0 Å². The van der Waals surface area contributed by atoms with Gasteiger partial charge in [0.25, 0.3) is 11.8 Å².